The average molecular weight is 299 g/mol. The predicted octanol–water partition coefficient (Wildman–Crippen LogP) is 2.18. The Bertz CT molecular complexity index is 640. The summed E-state index contributed by atoms with van der Waals surface area (Å²) in [6.07, 6.45) is 0. The number of anilines is 1. The van der Waals surface area contributed by atoms with E-state index in [9.17, 15) is 0 Å². The molecule has 5 nitrogen and oxygen atoms in total. The molecule has 2 aromatic rings. The van der Waals surface area contributed by atoms with E-state index in [1.165, 1.54) is 0 Å². The molecule has 0 radical (unpaired) electrons. The second-order valence-corrected chi connectivity index (χ2v) is 5.18. The minimum Gasteiger partial charge on any atom is -0.497 e. The van der Waals surface area contributed by atoms with Crippen LogP contribution in [0.5, 0.6) is 11.5 Å². The fourth-order valence-electron chi connectivity index (χ4n) is 2.66. The molecular formula is C17H21N3O2. The third-order valence-electron chi connectivity index (χ3n) is 3.86. The van der Waals surface area contributed by atoms with Crippen molar-refractivity contribution in [1.29, 1.82) is 0 Å². The number of aromatic nitrogens is 1. The number of pyridine rings is 1. The van der Waals surface area contributed by atoms with E-state index in [0.29, 0.717) is 0 Å². The van der Waals surface area contributed by atoms with E-state index in [2.05, 4.69) is 16.3 Å². The zero-order valence-corrected chi connectivity index (χ0v) is 13.0. The largest absolute Gasteiger partial charge is 0.497 e. The summed E-state index contributed by atoms with van der Waals surface area (Å²) >= 11 is 0. The van der Waals surface area contributed by atoms with E-state index in [-0.39, 0.29) is 0 Å². The molecule has 0 spiro atoms. The molecule has 0 atom stereocenters. The molecule has 0 amide bonds. The Labute approximate surface area is 130 Å². The van der Waals surface area contributed by atoms with Gasteiger partial charge in [-0.3, -0.25) is 0 Å². The normalized spacial score (nSPS) is 14.7. The van der Waals surface area contributed by atoms with Crippen LogP contribution in [0.2, 0.25) is 0 Å². The van der Waals surface area contributed by atoms with Crippen LogP contribution in [-0.4, -0.2) is 45.4 Å². The first-order chi connectivity index (χ1) is 10.8. The van der Waals surface area contributed by atoms with Crippen LogP contribution < -0.4 is 19.7 Å². The number of nitrogens with one attached hydrogen (secondary N) is 1. The number of piperazine rings is 1. The summed E-state index contributed by atoms with van der Waals surface area (Å²) in [6.45, 7) is 3.94. The second kappa shape index (κ2) is 6.66. The SMILES string of the molecule is COc1ccc(OC)c(-c2cccc(N3CCNCC3)n2)c1. The fourth-order valence-corrected chi connectivity index (χ4v) is 2.66. The minimum absolute atomic E-state index is 0.796. The van der Waals surface area contributed by atoms with Crippen molar-refractivity contribution in [3.8, 4) is 22.8 Å². The van der Waals surface area contributed by atoms with Crippen LogP contribution >= 0.6 is 0 Å². The van der Waals surface area contributed by atoms with Crippen molar-refractivity contribution in [1.82, 2.24) is 10.3 Å². The summed E-state index contributed by atoms with van der Waals surface area (Å²) in [5, 5.41) is 3.36. The molecule has 0 aliphatic carbocycles. The second-order valence-electron chi connectivity index (χ2n) is 5.18. The number of hydrogen-bond acceptors (Lipinski definition) is 5. The van der Waals surface area contributed by atoms with Gasteiger partial charge in [-0.2, -0.15) is 0 Å². The van der Waals surface area contributed by atoms with Crippen molar-refractivity contribution in [3.63, 3.8) is 0 Å². The summed E-state index contributed by atoms with van der Waals surface area (Å²) in [4.78, 5) is 7.11. The van der Waals surface area contributed by atoms with Gasteiger partial charge in [0.25, 0.3) is 0 Å². The molecule has 0 saturated carbocycles. The summed E-state index contributed by atoms with van der Waals surface area (Å²) < 4.78 is 10.8. The van der Waals surface area contributed by atoms with Crippen molar-refractivity contribution in [2.24, 2.45) is 0 Å². The average Bonchev–Trinajstić information content (AvgIpc) is 2.62. The highest BCUT2D eigenvalue weighted by Gasteiger charge is 2.14. The van der Waals surface area contributed by atoms with Crippen molar-refractivity contribution in [2.45, 2.75) is 0 Å². The fraction of sp³-hybridized carbons (Fsp3) is 0.353. The predicted molar refractivity (Wildman–Crippen MR) is 87.9 cm³/mol. The van der Waals surface area contributed by atoms with Gasteiger partial charge in [0.05, 0.1) is 19.9 Å². The number of rotatable bonds is 4. The zero-order valence-electron chi connectivity index (χ0n) is 13.0. The monoisotopic (exact) mass is 299 g/mol. The lowest BCUT2D eigenvalue weighted by atomic mass is 10.1. The molecule has 3 rings (SSSR count). The maximum atomic E-state index is 5.47. The molecule has 1 fully saturated rings. The first-order valence-electron chi connectivity index (χ1n) is 7.47. The maximum Gasteiger partial charge on any atom is 0.129 e. The van der Waals surface area contributed by atoms with Crippen LogP contribution in [0.3, 0.4) is 0 Å². The van der Waals surface area contributed by atoms with Gasteiger partial charge in [-0.15, -0.1) is 0 Å². The van der Waals surface area contributed by atoms with Gasteiger partial charge in [-0.25, -0.2) is 4.98 Å². The highest BCUT2D eigenvalue weighted by molar-refractivity contribution is 5.70. The van der Waals surface area contributed by atoms with Gasteiger partial charge < -0.3 is 19.7 Å². The first kappa shape index (κ1) is 14.7. The van der Waals surface area contributed by atoms with E-state index in [1.807, 2.05) is 30.3 Å². The molecule has 2 heterocycles. The lowest BCUT2D eigenvalue weighted by Crippen LogP contribution is -2.43. The smallest absolute Gasteiger partial charge is 0.129 e. The van der Waals surface area contributed by atoms with E-state index in [4.69, 9.17) is 14.5 Å². The number of hydrogen-bond donors (Lipinski definition) is 1. The quantitative estimate of drug-likeness (QED) is 0.937. The summed E-state index contributed by atoms with van der Waals surface area (Å²) in [6, 6.07) is 11.9. The third kappa shape index (κ3) is 2.99. The number of ether oxygens (including phenoxy) is 2. The van der Waals surface area contributed by atoms with Crippen molar-refractivity contribution < 1.29 is 9.47 Å². The summed E-state index contributed by atoms with van der Waals surface area (Å²) in [5.74, 6) is 2.60. The summed E-state index contributed by atoms with van der Waals surface area (Å²) in [5.41, 5.74) is 1.84. The van der Waals surface area contributed by atoms with E-state index >= 15 is 0 Å². The summed E-state index contributed by atoms with van der Waals surface area (Å²) in [7, 11) is 3.33. The van der Waals surface area contributed by atoms with Crippen LogP contribution in [0.1, 0.15) is 0 Å². The topological polar surface area (TPSA) is 46.6 Å². The maximum absolute atomic E-state index is 5.47. The number of methoxy groups -OCH3 is 2. The van der Waals surface area contributed by atoms with E-state index in [0.717, 1.165) is 54.8 Å². The molecule has 1 N–H and O–H groups in total. The molecule has 116 valence electrons. The molecule has 1 aliphatic heterocycles. The molecule has 1 aromatic heterocycles. The van der Waals surface area contributed by atoms with Gasteiger partial charge in [0, 0.05) is 31.7 Å². The van der Waals surface area contributed by atoms with Gasteiger partial charge in [0.2, 0.25) is 0 Å². The Kier molecular flexibility index (Phi) is 4.44. The Morgan fingerprint density at radius 1 is 1.05 bits per heavy atom. The molecule has 22 heavy (non-hydrogen) atoms. The van der Waals surface area contributed by atoms with Crippen molar-refractivity contribution >= 4 is 5.82 Å². The minimum atomic E-state index is 0.796. The third-order valence-corrected chi connectivity index (χ3v) is 3.86. The zero-order chi connectivity index (χ0) is 15.4. The molecule has 0 unspecified atom stereocenters. The van der Waals surface area contributed by atoms with Gasteiger partial charge in [0.15, 0.2) is 0 Å². The Hall–Kier alpha value is -2.27. The van der Waals surface area contributed by atoms with Crippen LogP contribution in [0, 0.1) is 0 Å². The lowest BCUT2D eigenvalue weighted by Gasteiger charge is -2.28. The highest BCUT2D eigenvalue weighted by Crippen LogP contribution is 2.33. The van der Waals surface area contributed by atoms with Gasteiger partial charge in [-0.1, -0.05) is 6.07 Å². The standard InChI is InChI=1S/C17H21N3O2/c1-21-13-6-7-16(22-2)14(12-13)15-4-3-5-17(19-15)20-10-8-18-9-11-20/h3-7,12,18H,8-11H2,1-2H3. The number of nitrogens with zero attached hydrogens (tertiary/aromatic N) is 2. The van der Waals surface area contributed by atoms with Crippen molar-refractivity contribution in [2.75, 3.05) is 45.3 Å². The Balaban J connectivity index is 1.97. The lowest BCUT2D eigenvalue weighted by molar-refractivity contribution is 0.404. The number of benzene rings is 1. The Morgan fingerprint density at radius 2 is 1.86 bits per heavy atom. The van der Waals surface area contributed by atoms with Crippen LogP contribution in [0.25, 0.3) is 11.3 Å². The molecule has 1 aromatic carbocycles. The Morgan fingerprint density at radius 3 is 2.59 bits per heavy atom. The molecule has 0 bridgehead atoms. The van der Waals surface area contributed by atoms with Gasteiger partial charge in [0.1, 0.15) is 17.3 Å². The van der Waals surface area contributed by atoms with Gasteiger partial charge >= 0.3 is 0 Å². The first-order valence-corrected chi connectivity index (χ1v) is 7.47. The molecule has 1 aliphatic rings. The van der Waals surface area contributed by atoms with Crippen molar-refractivity contribution in [3.05, 3.63) is 36.4 Å². The van der Waals surface area contributed by atoms with Crippen LogP contribution in [0.4, 0.5) is 5.82 Å². The van der Waals surface area contributed by atoms with Crippen LogP contribution in [-0.2, 0) is 0 Å². The van der Waals surface area contributed by atoms with Crippen LogP contribution in [0.15, 0.2) is 36.4 Å². The molecule has 1 saturated heterocycles. The van der Waals surface area contributed by atoms with E-state index < -0.39 is 0 Å². The van der Waals surface area contributed by atoms with Gasteiger partial charge in [-0.05, 0) is 30.3 Å². The molecule has 5 heteroatoms. The highest BCUT2D eigenvalue weighted by atomic mass is 16.5. The molecular weight excluding hydrogens is 278 g/mol. The van der Waals surface area contributed by atoms with E-state index in [1.54, 1.807) is 14.2 Å².